The van der Waals surface area contributed by atoms with Gasteiger partial charge in [-0.1, -0.05) is 18.2 Å². The van der Waals surface area contributed by atoms with Crippen molar-refractivity contribution in [1.29, 1.82) is 0 Å². The second-order valence-corrected chi connectivity index (χ2v) is 8.91. The quantitative estimate of drug-likeness (QED) is 0.535. The molecule has 2 aliphatic rings. The first kappa shape index (κ1) is 24.5. The largest absolute Gasteiger partial charge is 0.493 e. The fraction of sp³-hybridized carbons (Fsp3) is 0.423. The molecule has 3 N–H and O–H groups in total. The molecule has 2 heterocycles. The highest BCUT2D eigenvalue weighted by Crippen LogP contribution is 2.28. The molecule has 0 unspecified atom stereocenters. The number of hydrogen-bond acceptors (Lipinski definition) is 6. The number of fused-ring (bicyclic) bond motifs is 1. The second kappa shape index (κ2) is 11.2. The zero-order valence-electron chi connectivity index (χ0n) is 20.1. The summed E-state index contributed by atoms with van der Waals surface area (Å²) in [6, 6.07) is 12.2. The van der Waals surface area contributed by atoms with Gasteiger partial charge in [-0.05, 0) is 49.1 Å². The Morgan fingerprint density at radius 2 is 1.80 bits per heavy atom. The molecule has 4 rings (SSSR count). The highest BCUT2D eigenvalue weighted by atomic mass is 16.5. The van der Waals surface area contributed by atoms with Crippen molar-refractivity contribution in [3.05, 3.63) is 53.6 Å². The predicted octanol–water partition coefficient (Wildman–Crippen LogP) is 2.32. The van der Waals surface area contributed by atoms with E-state index < -0.39 is 6.04 Å². The Kier molecular flexibility index (Phi) is 7.87. The van der Waals surface area contributed by atoms with Crippen LogP contribution in [0.3, 0.4) is 0 Å². The maximum absolute atomic E-state index is 12.6. The minimum atomic E-state index is -0.746. The van der Waals surface area contributed by atoms with E-state index in [2.05, 4.69) is 20.9 Å². The van der Waals surface area contributed by atoms with Crippen molar-refractivity contribution in [2.45, 2.75) is 44.3 Å². The first-order valence-corrected chi connectivity index (χ1v) is 11.9. The number of amides is 3. The highest BCUT2D eigenvalue weighted by molar-refractivity contribution is 6.09. The van der Waals surface area contributed by atoms with Gasteiger partial charge in [0.2, 0.25) is 11.8 Å². The number of carbonyl (C=O) groups is 3. The topological polar surface area (TPSA) is 109 Å². The summed E-state index contributed by atoms with van der Waals surface area (Å²) < 4.78 is 10.7. The van der Waals surface area contributed by atoms with Crippen LogP contribution >= 0.6 is 0 Å². The first-order valence-electron chi connectivity index (χ1n) is 11.9. The number of carbonyl (C=O) groups excluding carboxylic acids is 3. The van der Waals surface area contributed by atoms with Gasteiger partial charge in [0, 0.05) is 32.1 Å². The molecule has 186 valence electrons. The van der Waals surface area contributed by atoms with Crippen molar-refractivity contribution >= 4 is 23.4 Å². The third-order valence-electron chi connectivity index (χ3n) is 6.52. The molecule has 0 radical (unpaired) electrons. The third kappa shape index (κ3) is 6.10. The van der Waals surface area contributed by atoms with Gasteiger partial charge in [-0.15, -0.1) is 0 Å². The Labute approximate surface area is 205 Å². The number of para-hydroxylation sites is 1. The number of nitrogens with one attached hydrogen (secondary N) is 3. The normalized spacial score (nSPS) is 18.6. The van der Waals surface area contributed by atoms with Crippen LogP contribution in [0.2, 0.25) is 0 Å². The Hall–Kier alpha value is -3.59. The number of ether oxygens (including phenoxy) is 2. The minimum Gasteiger partial charge on any atom is -0.493 e. The van der Waals surface area contributed by atoms with E-state index >= 15 is 0 Å². The van der Waals surface area contributed by atoms with E-state index in [1.54, 1.807) is 38.5 Å². The van der Waals surface area contributed by atoms with Gasteiger partial charge in [0.15, 0.2) is 11.5 Å². The predicted molar refractivity (Wildman–Crippen MR) is 132 cm³/mol. The molecule has 0 saturated carbocycles. The molecule has 0 spiro atoms. The van der Waals surface area contributed by atoms with E-state index in [0.717, 1.165) is 43.8 Å². The van der Waals surface area contributed by atoms with E-state index in [-0.39, 0.29) is 36.6 Å². The molecule has 0 aliphatic carbocycles. The number of anilines is 1. The summed E-state index contributed by atoms with van der Waals surface area (Å²) in [5.74, 6) is 0.704. The van der Waals surface area contributed by atoms with Crippen LogP contribution in [0.4, 0.5) is 5.69 Å². The lowest BCUT2D eigenvalue weighted by atomic mass is 10.0. The molecule has 9 heteroatoms. The van der Waals surface area contributed by atoms with Crippen molar-refractivity contribution in [3.8, 4) is 11.5 Å². The van der Waals surface area contributed by atoms with E-state index in [1.165, 1.54) is 0 Å². The van der Waals surface area contributed by atoms with Crippen molar-refractivity contribution < 1.29 is 23.9 Å². The van der Waals surface area contributed by atoms with Crippen molar-refractivity contribution in [2.75, 3.05) is 32.6 Å². The number of rotatable bonds is 8. The molecule has 35 heavy (non-hydrogen) atoms. The average Bonchev–Trinajstić information content (AvgIpc) is 2.99. The van der Waals surface area contributed by atoms with Gasteiger partial charge < -0.3 is 25.4 Å². The number of hydrogen-bond donors (Lipinski definition) is 3. The fourth-order valence-electron chi connectivity index (χ4n) is 4.56. The van der Waals surface area contributed by atoms with E-state index in [0.29, 0.717) is 17.0 Å². The fourth-order valence-corrected chi connectivity index (χ4v) is 4.56. The summed E-state index contributed by atoms with van der Waals surface area (Å²) >= 11 is 0. The van der Waals surface area contributed by atoms with Gasteiger partial charge in [-0.2, -0.15) is 0 Å². The van der Waals surface area contributed by atoms with Crippen LogP contribution in [0.25, 0.3) is 0 Å². The van der Waals surface area contributed by atoms with Crippen LogP contribution < -0.4 is 25.4 Å². The maximum atomic E-state index is 12.6. The van der Waals surface area contributed by atoms with Crippen LogP contribution in [-0.4, -0.2) is 62.0 Å². The SMILES string of the molecule is COc1ccc(CN2CCC(NC(=O)CC[C@H]3NC(=O)c4ccccc4NC3=O)CC2)cc1OC. The second-order valence-electron chi connectivity index (χ2n) is 8.91. The zero-order chi connectivity index (χ0) is 24.8. The van der Waals surface area contributed by atoms with Gasteiger partial charge in [0.05, 0.1) is 25.5 Å². The Bertz CT molecular complexity index is 1080. The summed E-state index contributed by atoms with van der Waals surface area (Å²) in [6.45, 7) is 2.55. The van der Waals surface area contributed by atoms with Gasteiger partial charge in [-0.3, -0.25) is 19.3 Å². The molecule has 1 fully saturated rings. The molecule has 2 aliphatic heterocycles. The lowest BCUT2D eigenvalue weighted by Gasteiger charge is -2.32. The molecule has 1 atom stereocenters. The average molecular weight is 481 g/mol. The van der Waals surface area contributed by atoms with E-state index in [4.69, 9.17) is 9.47 Å². The van der Waals surface area contributed by atoms with Crippen LogP contribution in [-0.2, 0) is 16.1 Å². The van der Waals surface area contributed by atoms with Crippen molar-refractivity contribution in [2.24, 2.45) is 0 Å². The highest BCUT2D eigenvalue weighted by Gasteiger charge is 2.28. The zero-order valence-corrected chi connectivity index (χ0v) is 20.1. The summed E-state index contributed by atoms with van der Waals surface area (Å²) in [5, 5.41) is 8.59. The molecule has 0 aromatic heterocycles. The van der Waals surface area contributed by atoms with Crippen molar-refractivity contribution in [3.63, 3.8) is 0 Å². The van der Waals surface area contributed by atoms with Crippen LogP contribution in [0, 0.1) is 0 Å². The molecule has 0 bridgehead atoms. The standard InChI is InChI=1S/C26H32N4O5/c1-34-22-9-7-17(15-23(22)35-2)16-30-13-11-18(12-14-30)27-24(31)10-8-21-26(33)28-20-6-4-3-5-19(20)25(32)29-21/h3-7,9,15,18,21H,8,10-14,16H2,1-2H3,(H,27,31)(H,28,33)(H,29,32)/t21-/m1/s1. The molecule has 2 aromatic rings. The number of nitrogens with zero attached hydrogens (tertiary/aromatic N) is 1. The van der Waals surface area contributed by atoms with E-state index in [1.807, 2.05) is 18.2 Å². The molecule has 9 nitrogen and oxygen atoms in total. The van der Waals surface area contributed by atoms with Crippen LogP contribution in [0.15, 0.2) is 42.5 Å². The lowest BCUT2D eigenvalue weighted by molar-refractivity contribution is -0.122. The Balaban J connectivity index is 1.21. The number of piperidine rings is 1. The van der Waals surface area contributed by atoms with Crippen LogP contribution in [0.5, 0.6) is 11.5 Å². The molecular formula is C26H32N4O5. The molecular weight excluding hydrogens is 448 g/mol. The molecule has 2 aromatic carbocycles. The monoisotopic (exact) mass is 480 g/mol. The summed E-state index contributed by atoms with van der Waals surface area (Å²) in [4.78, 5) is 39.8. The summed E-state index contributed by atoms with van der Waals surface area (Å²) in [5.41, 5.74) is 2.06. The van der Waals surface area contributed by atoms with Gasteiger partial charge >= 0.3 is 0 Å². The summed E-state index contributed by atoms with van der Waals surface area (Å²) in [6.07, 6.45) is 2.13. The third-order valence-corrected chi connectivity index (χ3v) is 6.52. The minimum absolute atomic E-state index is 0.103. The Morgan fingerprint density at radius 3 is 2.54 bits per heavy atom. The molecule has 3 amide bonds. The number of likely N-dealkylation sites (tertiary alicyclic amines) is 1. The maximum Gasteiger partial charge on any atom is 0.254 e. The van der Waals surface area contributed by atoms with Gasteiger partial charge in [0.25, 0.3) is 5.91 Å². The lowest BCUT2D eigenvalue weighted by Crippen LogP contribution is -2.45. The molecule has 1 saturated heterocycles. The first-order chi connectivity index (χ1) is 17.0. The van der Waals surface area contributed by atoms with Gasteiger partial charge in [0.1, 0.15) is 6.04 Å². The smallest absolute Gasteiger partial charge is 0.254 e. The summed E-state index contributed by atoms with van der Waals surface area (Å²) in [7, 11) is 3.25. The Morgan fingerprint density at radius 1 is 1.06 bits per heavy atom. The van der Waals surface area contributed by atoms with Crippen LogP contribution in [0.1, 0.15) is 41.6 Å². The van der Waals surface area contributed by atoms with E-state index in [9.17, 15) is 14.4 Å². The number of methoxy groups -OCH3 is 2. The number of benzene rings is 2. The van der Waals surface area contributed by atoms with Crippen molar-refractivity contribution in [1.82, 2.24) is 15.5 Å². The van der Waals surface area contributed by atoms with Gasteiger partial charge in [-0.25, -0.2) is 0 Å².